The molecule has 0 aliphatic rings. The van der Waals surface area contributed by atoms with Crippen molar-refractivity contribution in [2.75, 3.05) is 0 Å². The first-order valence-electron chi connectivity index (χ1n) is 7.40. The maximum absolute atomic E-state index is 14.0. The number of hydrogen-bond acceptors (Lipinski definition) is 2. The summed E-state index contributed by atoms with van der Waals surface area (Å²) in [5.41, 5.74) is 2.53. The van der Waals surface area contributed by atoms with E-state index in [1.807, 2.05) is 24.3 Å². The summed E-state index contributed by atoms with van der Waals surface area (Å²) in [6.07, 6.45) is 0. The third-order valence-electron chi connectivity index (χ3n) is 3.89. The second-order valence-corrected chi connectivity index (χ2v) is 5.77. The predicted molar refractivity (Wildman–Crippen MR) is 88.2 cm³/mol. The van der Waals surface area contributed by atoms with Crippen molar-refractivity contribution in [1.29, 1.82) is 0 Å². The molecule has 3 rings (SSSR count). The van der Waals surface area contributed by atoms with Gasteiger partial charge in [0.2, 0.25) is 0 Å². The summed E-state index contributed by atoms with van der Waals surface area (Å²) in [5, 5.41) is 9.72. The molecule has 0 fully saturated rings. The number of aromatic carboxylic acids is 1. The van der Waals surface area contributed by atoms with E-state index in [0.717, 1.165) is 5.56 Å². The number of hydrogen-bond donors (Lipinski definition) is 1. The lowest BCUT2D eigenvalue weighted by molar-refractivity contribution is 0.0699. The molecular weight excluding hydrogens is 293 g/mol. The highest BCUT2D eigenvalue weighted by atomic mass is 19.1. The summed E-state index contributed by atoms with van der Waals surface area (Å²) in [4.78, 5) is 15.8. The predicted octanol–water partition coefficient (Wildman–Crippen LogP) is 4.86. The van der Waals surface area contributed by atoms with Gasteiger partial charge in [-0.15, -0.1) is 0 Å². The molecule has 2 aromatic carbocycles. The van der Waals surface area contributed by atoms with E-state index in [9.17, 15) is 14.3 Å². The van der Waals surface area contributed by atoms with Crippen LogP contribution >= 0.6 is 0 Å². The molecule has 0 amide bonds. The smallest absolute Gasteiger partial charge is 0.336 e. The first-order chi connectivity index (χ1) is 11.0. The molecule has 23 heavy (non-hydrogen) atoms. The minimum absolute atomic E-state index is 0.0532. The number of benzene rings is 2. The summed E-state index contributed by atoms with van der Waals surface area (Å²) in [5.74, 6) is -1.21. The van der Waals surface area contributed by atoms with Gasteiger partial charge in [-0.3, -0.25) is 0 Å². The third kappa shape index (κ3) is 2.80. The van der Waals surface area contributed by atoms with Gasteiger partial charge in [0.15, 0.2) is 0 Å². The van der Waals surface area contributed by atoms with Crippen molar-refractivity contribution in [2.45, 2.75) is 19.8 Å². The number of halogens is 1. The SMILES string of the molecule is CC(C)c1ccc(-c2cc(C(=O)O)c3cccc(F)c3n2)cc1. The number of fused-ring (bicyclic) bond motifs is 1. The first-order valence-corrected chi connectivity index (χ1v) is 7.40. The molecule has 1 aromatic heterocycles. The Bertz CT molecular complexity index is 886. The summed E-state index contributed by atoms with van der Waals surface area (Å²) in [7, 11) is 0. The first kappa shape index (κ1) is 15.2. The monoisotopic (exact) mass is 309 g/mol. The van der Waals surface area contributed by atoms with Crippen LogP contribution in [0.3, 0.4) is 0 Å². The van der Waals surface area contributed by atoms with Gasteiger partial charge in [0.1, 0.15) is 11.3 Å². The number of aromatic nitrogens is 1. The standard InChI is InChI=1S/C19H16FNO2/c1-11(2)12-6-8-13(9-7-12)17-10-15(19(22)23)14-4-3-5-16(20)18(14)21-17/h3-11H,1-2H3,(H,22,23). The molecule has 0 aliphatic heterocycles. The van der Waals surface area contributed by atoms with E-state index in [4.69, 9.17) is 0 Å². The minimum atomic E-state index is -1.09. The van der Waals surface area contributed by atoms with Crippen LogP contribution < -0.4 is 0 Å². The molecule has 116 valence electrons. The zero-order valence-corrected chi connectivity index (χ0v) is 12.9. The van der Waals surface area contributed by atoms with Crippen LogP contribution in [0.15, 0.2) is 48.5 Å². The number of rotatable bonds is 3. The number of carboxylic acids is 1. The second kappa shape index (κ2) is 5.80. The van der Waals surface area contributed by atoms with Gasteiger partial charge in [-0.05, 0) is 23.6 Å². The van der Waals surface area contributed by atoms with Gasteiger partial charge in [0.05, 0.1) is 11.3 Å². The topological polar surface area (TPSA) is 50.2 Å². The number of carbonyl (C=O) groups is 1. The normalized spacial score (nSPS) is 11.1. The average molecular weight is 309 g/mol. The van der Waals surface area contributed by atoms with Gasteiger partial charge in [0.25, 0.3) is 0 Å². The Morgan fingerprint density at radius 1 is 1.13 bits per heavy atom. The zero-order chi connectivity index (χ0) is 16.6. The number of pyridine rings is 1. The van der Waals surface area contributed by atoms with Crippen LogP contribution in [-0.2, 0) is 0 Å². The summed E-state index contributed by atoms with van der Waals surface area (Å²) >= 11 is 0. The van der Waals surface area contributed by atoms with Crippen LogP contribution in [0, 0.1) is 5.82 Å². The van der Waals surface area contributed by atoms with Gasteiger partial charge in [-0.1, -0.05) is 50.2 Å². The summed E-state index contributed by atoms with van der Waals surface area (Å²) in [6, 6.07) is 13.6. The van der Waals surface area contributed by atoms with E-state index in [1.165, 1.54) is 23.8 Å². The lowest BCUT2D eigenvalue weighted by Gasteiger charge is -2.09. The molecule has 1 N–H and O–H groups in total. The molecule has 0 bridgehead atoms. The number of nitrogens with zero attached hydrogens (tertiary/aromatic N) is 1. The Morgan fingerprint density at radius 3 is 2.43 bits per heavy atom. The molecule has 0 spiro atoms. The lowest BCUT2D eigenvalue weighted by atomic mass is 9.99. The molecule has 1 heterocycles. The molecule has 0 aliphatic carbocycles. The largest absolute Gasteiger partial charge is 0.478 e. The Kier molecular flexibility index (Phi) is 3.82. The molecule has 3 nitrogen and oxygen atoms in total. The highest BCUT2D eigenvalue weighted by Gasteiger charge is 2.15. The molecular formula is C19H16FNO2. The van der Waals surface area contributed by atoms with Crippen molar-refractivity contribution >= 4 is 16.9 Å². The van der Waals surface area contributed by atoms with Crippen molar-refractivity contribution in [1.82, 2.24) is 4.98 Å². The van der Waals surface area contributed by atoms with Crippen LogP contribution in [0.1, 0.15) is 35.7 Å². The molecule has 0 radical (unpaired) electrons. The molecule has 0 unspecified atom stereocenters. The Balaban J connectivity index is 2.21. The molecule has 0 atom stereocenters. The Labute approximate surface area is 133 Å². The quantitative estimate of drug-likeness (QED) is 0.751. The fourth-order valence-electron chi connectivity index (χ4n) is 2.58. The molecule has 4 heteroatoms. The highest BCUT2D eigenvalue weighted by Crippen LogP contribution is 2.27. The average Bonchev–Trinajstić information content (AvgIpc) is 2.54. The van der Waals surface area contributed by atoms with Crippen LogP contribution in [0.4, 0.5) is 4.39 Å². The van der Waals surface area contributed by atoms with Crippen LogP contribution in [-0.4, -0.2) is 16.1 Å². The second-order valence-electron chi connectivity index (χ2n) is 5.77. The van der Waals surface area contributed by atoms with Crippen molar-refractivity contribution in [2.24, 2.45) is 0 Å². The van der Waals surface area contributed by atoms with Gasteiger partial charge in [0, 0.05) is 10.9 Å². The fourth-order valence-corrected chi connectivity index (χ4v) is 2.58. The minimum Gasteiger partial charge on any atom is -0.478 e. The van der Waals surface area contributed by atoms with Gasteiger partial charge in [-0.25, -0.2) is 14.2 Å². The summed E-state index contributed by atoms with van der Waals surface area (Å²) in [6.45, 7) is 4.20. The van der Waals surface area contributed by atoms with Gasteiger partial charge in [-0.2, -0.15) is 0 Å². The van der Waals surface area contributed by atoms with Crippen molar-refractivity contribution in [3.63, 3.8) is 0 Å². The van der Waals surface area contributed by atoms with Crippen LogP contribution in [0.2, 0.25) is 0 Å². The summed E-state index contributed by atoms with van der Waals surface area (Å²) < 4.78 is 14.0. The zero-order valence-electron chi connectivity index (χ0n) is 12.9. The van der Waals surface area contributed by atoms with Crippen molar-refractivity contribution in [3.8, 4) is 11.3 Å². The van der Waals surface area contributed by atoms with E-state index >= 15 is 0 Å². The highest BCUT2D eigenvalue weighted by molar-refractivity contribution is 6.03. The maximum Gasteiger partial charge on any atom is 0.336 e. The van der Waals surface area contributed by atoms with Crippen molar-refractivity contribution in [3.05, 3.63) is 65.5 Å². The Morgan fingerprint density at radius 2 is 1.83 bits per heavy atom. The van der Waals surface area contributed by atoms with E-state index in [2.05, 4.69) is 18.8 Å². The van der Waals surface area contributed by atoms with Gasteiger partial charge < -0.3 is 5.11 Å². The Hall–Kier alpha value is -2.75. The molecule has 0 saturated heterocycles. The number of para-hydroxylation sites is 1. The fraction of sp³-hybridized carbons (Fsp3) is 0.158. The molecule has 0 saturated carbocycles. The van der Waals surface area contributed by atoms with Crippen LogP contribution in [0.5, 0.6) is 0 Å². The lowest BCUT2D eigenvalue weighted by Crippen LogP contribution is -2.01. The van der Waals surface area contributed by atoms with E-state index < -0.39 is 11.8 Å². The van der Waals surface area contributed by atoms with Crippen LogP contribution in [0.25, 0.3) is 22.2 Å². The van der Waals surface area contributed by atoms with Gasteiger partial charge >= 0.3 is 5.97 Å². The van der Waals surface area contributed by atoms with Crippen molar-refractivity contribution < 1.29 is 14.3 Å². The number of carboxylic acid groups (broad SMARTS) is 1. The maximum atomic E-state index is 14.0. The third-order valence-corrected chi connectivity index (χ3v) is 3.89. The van der Waals surface area contributed by atoms with E-state index in [1.54, 1.807) is 6.07 Å². The molecule has 3 aromatic rings. The van der Waals surface area contributed by atoms with E-state index in [-0.39, 0.29) is 11.1 Å². The van der Waals surface area contributed by atoms with E-state index in [0.29, 0.717) is 17.0 Å².